The molecular weight excluding hydrogens is 232 g/mol. The zero-order valence-corrected chi connectivity index (χ0v) is 8.98. The lowest BCUT2D eigenvalue weighted by atomic mass is 9.94. The van der Waals surface area contributed by atoms with Crippen molar-refractivity contribution in [1.82, 2.24) is 0 Å². The van der Waals surface area contributed by atoms with Crippen LogP contribution >= 0.6 is 0 Å². The third kappa shape index (κ3) is 1.51. The lowest BCUT2D eigenvalue weighted by molar-refractivity contribution is 0.114. The number of phenolic OH excluding ortho intramolecular Hbond substituents is 1. The Balaban J connectivity index is 2.71. The van der Waals surface area contributed by atoms with Crippen molar-refractivity contribution >= 4 is 16.2 Å². The molecule has 1 aliphatic carbocycles. The van der Waals surface area contributed by atoms with Crippen molar-refractivity contribution in [2.45, 2.75) is 11.4 Å². The van der Waals surface area contributed by atoms with Gasteiger partial charge >= 0.3 is 0 Å². The molecule has 5 nitrogen and oxygen atoms in total. The first-order chi connectivity index (χ1) is 7.34. The minimum absolute atomic E-state index is 0.0389. The molecule has 1 unspecified atom stereocenters. The molecule has 0 fully saturated rings. The second-order valence-electron chi connectivity index (χ2n) is 3.64. The average molecular weight is 242 g/mol. The first-order valence-corrected chi connectivity index (χ1v) is 5.98. The van der Waals surface area contributed by atoms with Gasteiger partial charge in [0.25, 0.3) is 10.1 Å². The molecule has 86 valence electrons. The summed E-state index contributed by atoms with van der Waals surface area (Å²) >= 11 is 0. The highest BCUT2D eigenvalue weighted by Crippen LogP contribution is 2.38. The Morgan fingerprint density at radius 2 is 2.00 bits per heavy atom. The predicted octanol–water partition coefficient (Wildman–Crippen LogP) is 0.842. The third-order valence-electron chi connectivity index (χ3n) is 2.57. The van der Waals surface area contributed by atoms with Gasteiger partial charge in [0.05, 0.1) is 0 Å². The molecule has 0 saturated carbocycles. The number of benzene rings is 1. The zero-order valence-electron chi connectivity index (χ0n) is 8.16. The molecule has 16 heavy (non-hydrogen) atoms. The largest absolute Gasteiger partial charge is 0.508 e. The topological polar surface area (TPSA) is 94.8 Å². The molecule has 0 radical (unpaired) electrons. The fourth-order valence-corrected chi connectivity index (χ4v) is 2.51. The van der Waals surface area contributed by atoms with Crippen LogP contribution in [0.4, 0.5) is 0 Å². The Hall–Kier alpha value is -1.37. The van der Waals surface area contributed by atoms with Crippen LogP contribution in [0.2, 0.25) is 0 Å². The van der Waals surface area contributed by atoms with Gasteiger partial charge in [0.15, 0.2) is 0 Å². The standard InChI is InChI=1S/C10H10O5S/c11-8-3-4-9-7(6-8)2-1-5-10(9,12)16(13,14)15/h1-4,6,11-12H,5H2,(H,13,14,15). The Morgan fingerprint density at radius 3 is 2.62 bits per heavy atom. The molecule has 0 aromatic heterocycles. The first-order valence-electron chi connectivity index (χ1n) is 4.54. The Kier molecular flexibility index (Phi) is 2.30. The van der Waals surface area contributed by atoms with Crippen molar-refractivity contribution in [3.8, 4) is 5.75 Å². The summed E-state index contributed by atoms with van der Waals surface area (Å²) in [4.78, 5) is -2.33. The van der Waals surface area contributed by atoms with Crippen LogP contribution in [-0.2, 0) is 15.1 Å². The van der Waals surface area contributed by atoms with Crippen LogP contribution in [0.5, 0.6) is 5.75 Å². The van der Waals surface area contributed by atoms with E-state index in [0.29, 0.717) is 5.56 Å². The lowest BCUT2D eigenvalue weighted by Crippen LogP contribution is -2.36. The summed E-state index contributed by atoms with van der Waals surface area (Å²) in [6.45, 7) is 0. The summed E-state index contributed by atoms with van der Waals surface area (Å²) in [7, 11) is -4.63. The van der Waals surface area contributed by atoms with Crippen molar-refractivity contribution in [2.24, 2.45) is 0 Å². The van der Waals surface area contributed by atoms with Gasteiger partial charge in [-0.3, -0.25) is 4.55 Å². The van der Waals surface area contributed by atoms with Crippen LogP contribution in [0.25, 0.3) is 6.08 Å². The van der Waals surface area contributed by atoms with Gasteiger partial charge in [-0.25, -0.2) is 0 Å². The molecule has 0 bridgehead atoms. The maximum atomic E-state index is 11.2. The van der Waals surface area contributed by atoms with Crippen LogP contribution < -0.4 is 0 Å². The molecule has 1 aromatic carbocycles. The van der Waals surface area contributed by atoms with Gasteiger partial charge in [-0.1, -0.05) is 18.2 Å². The molecular formula is C10H10O5S. The van der Waals surface area contributed by atoms with E-state index in [-0.39, 0.29) is 17.7 Å². The number of hydrogen-bond donors (Lipinski definition) is 3. The van der Waals surface area contributed by atoms with E-state index in [1.54, 1.807) is 6.08 Å². The zero-order chi connectivity index (χ0) is 12.0. The van der Waals surface area contributed by atoms with Crippen LogP contribution in [-0.4, -0.2) is 23.2 Å². The Bertz CT molecular complexity index is 561. The minimum atomic E-state index is -4.63. The monoisotopic (exact) mass is 242 g/mol. The first kappa shape index (κ1) is 11.1. The number of fused-ring (bicyclic) bond motifs is 1. The third-order valence-corrected chi connectivity index (χ3v) is 3.81. The number of aromatic hydroxyl groups is 1. The Morgan fingerprint density at radius 1 is 1.31 bits per heavy atom. The van der Waals surface area contributed by atoms with Crippen molar-refractivity contribution in [3.63, 3.8) is 0 Å². The van der Waals surface area contributed by atoms with Crippen LogP contribution in [0.1, 0.15) is 17.5 Å². The fourth-order valence-electron chi connectivity index (χ4n) is 1.74. The molecule has 1 aromatic rings. The highest BCUT2D eigenvalue weighted by molar-refractivity contribution is 7.86. The molecule has 0 saturated heterocycles. The lowest BCUT2D eigenvalue weighted by Gasteiger charge is -2.28. The second-order valence-corrected chi connectivity index (χ2v) is 5.26. The van der Waals surface area contributed by atoms with Crippen molar-refractivity contribution in [3.05, 3.63) is 35.4 Å². The predicted molar refractivity (Wildman–Crippen MR) is 57.2 cm³/mol. The van der Waals surface area contributed by atoms with Crippen LogP contribution in [0, 0.1) is 0 Å². The van der Waals surface area contributed by atoms with Gasteiger partial charge in [0.2, 0.25) is 4.93 Å². The van der Waals surface area contributed by atoms with E-state index in [1.807, 2.05) is 0 Å². The van der Waals surface area contributed by atoms with E-state index in [4.69, 9.17) is 4.55 Å². The van der Waals surface area contributed by atoms with Crippen molar-refractivity contribution < 1.29 is 23.2 Å². The molecule has 6 heteroatoms. The van der Waals surface area contributed by atoms with Crippen LogP contribution in [0.3, 0.4) is 0 Å². The van der Waals surface area contributed by atoms with E-state index in [9.17, 15) is 18.6 Å². The molecule has 1 aliphatic rings. The van der Waals surface area contributed by atoms with Gasteiger partial charge in [-0.15, -0.1) is 0 Å². The fraction of sp³-hybridized carbons (Fsp3) is 0.200. The van der Waals surface area contributed by atoms with Crippen molar-refractivity contribution in [1.29, 1.82) is 0 Å². The van der Waals surface area contributed by atoms with E-state index in [0.717, 1.165) is 0 Å². The minimum Gasteiger partial charge on any atom is -0.508 e. The second kappa shape index (κ2) is 3.31. The molecule has 1 atom stereocenters. The summed E-state index contributed by atoms with van der Waals surface area (Å²) in [5, 5.41) is 19.2. The highest BCUT2D eigenvalue weighted by Gasteiger charge is 2.44. The molecule has 0 heterocycles. The summed E-state index contributed by atoms with van der Waals surface area (Å²) in [6, 6.07) is 3.86. The SMILES string of the molecule is O=S(=O)(O)C1(O)CC=Cc2cc(O)ccc21. The van der Waals surface area contributed by atoms with Crippen molar-refractivity contribution in [2.75, 3.05) is 0 Å². The Labute approximate surface area is 92.4 Å². The summed E-state index contributed by atoms with van der Waals surface area (Å²) < 4.78 is 31.4. The summed E-state index contributed by atoms with van der Waals surface area (Å²) in [5.41, 5.74) is 0.432. The molecule has 3 N–H and O–H groups in total. The summed E-state index contributed by atoms with van der Waals surface area (Å²) in [5.74, 6) is -0.0389. The summed E-state index contributed by atoms with van der Waals surface area (Å²) in [6.07, 6.45) is 2.79. The van der Waals surface area contributed by atoms with Gasteiger partial charge in [0, 0.05) is 12.0 Å². The van der Waals surface area contributed by atoms with Gasteiger partial charge in [-0.2, -0.15) is 8.42 Å². The normalized spacial score (nSPS) is 24.1. The van der Waals surface area contributed by atoms with Gasteiger partial charge < -0.3 is 10.2 Å². The maximum Gasteiger partial charge on any atom is 0.299 e. The average Bonchev–Trinajstić information content (AvgIpc) is 2.15. The van der Waals surface area contributed by atoms with E-state index in [2.05, 4.69) is 0 Å². The highest BCUT2D eigenvalue weighted by atomic mass is 32.2. The number of phenols is 1. The maximum absolute atomic E-state index is 11.2. The molecule has 0 amide bonds. The van der Waals surface area contributed by atoms with E-state index in [1.165, 1.54) is 24.3 Å². The van der Waals surface area contributed by atoms with E-state index < -0.39 is 15.1 Å². The molecule has 2 rings (SSSR count). The quantitative estimate of drug-likeness (QED) is 0.634. The smallest absolute Gasteiger partial charge is 0.299 e. The molecule has 0 aliphatic heterocycles. The van der Waals surface area contributed by atoms with Gasteiger partial charge in [-0.05, 0) is 17.7 Å². The number of aliphatic hydroxyl groups is 1. The molecule has 0 spiro atoms. The number of rotatable bonds is 1. The van der Waals surface area contributed by atoms with Gasteiger partial charge in [0.1, 0.15) is 5.75 Å². The van der Waals surface area contributed by atoms with Crippen LogP contribution in [0.15, 0.2) is 24.3 Å². The van der Waals surface area contributed by atoms with E-state index >= 15 is 0 Å². The number of hydrogen-bond acceptors (Lipinski definition) is 4.